The SMILES string of the molecule is CCC(OC(=O)c1ccc(N)cc1)C(=O)Nc1ccc(C)c(C)c1. The number of benzene rings is 2. The monoisotopic (exact) mass is 326 g/mol. The van der Waals surface area contributed by atoms with Gasteiger partial charge in [0.2, 0.25) is 0 Å². The van der Waals surface area contributed by atoms with Gasteiger partial charge in [0, 0.05) is 11.4 Å². The molecule has 1 unspecified atom stereocenters. The molecule has 0 bridgehead atoms. The number of esters is 1. The van der Waals surface area contributed by atoms with Gasteiger partial charge in [-0.3, -0.25) is 4.79 Å². The summed E-state index contributed by atoms with van der Waals surface area (Å²) in [6, 6.07) is 12.0. The molecule has 0 aliphatic heterocycles. The molecule has 3 N–H and O–H groups in total. The van der Waals surface area contributed by atoms with Gasteiger partial charge in [-0.25, -0.2) is 4.79 Å². The van der Waals surface area contributed by atoms with E-state index in [-0.39, 0.29) is 5.91 Å². The van der Waals surface area contributed by atoms with Crippen LogP contribution in [0.25, 0.3) is 0 Å². The van der Waals surface area contributed by atoms with Crippen LogP contribution in [-0.4, -0.2) is 18.0 Å². The second-order valence-electron chi connectivity index (χ2n) is 5.71. The lowest BCUT2D eigenvalue weighted by atomic mass is 10.1. The first kappa shape index (κ1) is 17.5. The maximum Gasteiger partial charge on any atom is 0.338 e. The average molecular weight is 326 g/mol. The smallest absolute Gasteiger partial charge is 0.338 e. The molecule has 0 saturated heterocycles. The fraction of sp³-hybridized carbons (Fsp3) is 0.263. The number of nitrogens with one attached hydrogen (secondary N) is 1. The number of carbonyl (C=O) groups is 2. The number of rotatable bonds is 5. The Morgan fingerprint density at radius 3 is 2.33 bits per heavy atom. The minimum Gasteiger partial charge on any atom is -0.449 e. The van der Waals surface area contributed by atoms with E-state index in [1.165, 1.54) is 0 Å². The van der Waals surface area contributed by atoms with Crippen molar-refractivity contribution < 1.29 is 14.3 Å². The second-order valence-corrected chi connectivity index (χ2v) is 5.71. The Labute approximate surface area is 141 Å². The zero-order chi connectivity index (χ0) is 17.7. The number of carbonyl (C=O) groups excluding carboxylic acids is 2. The van der Waals surface area contributed by atoms with Crippen LogP contribution in [0.1, 0.15) is 34.8 Å². The van der Waals surface area contributed by atoms with Crippen molar-refractivity contribution in [2.45, 2.75) is 33.3 Å². The molecule has 5 nitrogen and oxygen atoms in total. The number of nitrogen functional groups attached to an aromatic ring is 1. The third kappa shape index (κ3) is 4.35. The van der Waals surface area contributed by atoms with E-state index in [9.17, 15) is 9.59 Å². The molecule has 5 heteroatoms. The zero-order valence-corrected chi connectivity index (χ0v) is 14.1. The fourth-order valence-corrected chi connectivity index (χ4v) is 2.18. The molecular weight excluding hydrogens is 304 g/mol. The predicted molar refractivity (Wildman–Crippen MR) is 94.9 cm³/mol. The van der Waals surface area contributed by atoms with Gasteiger partial charge in [0.05, 0.1) is 5.56 Å². The summed E-state index contributed by atoms with van der Waals surface area (Å²) in [5.41, 5.74) is 9.44. The summed E-state index contributed by atoms with van der Waals surface area (Å²) in [6.45, 7) is 5.77. The number of hydrogen-bond acceptors (Lipinski definition) is 4. The van der Waals surface area contributed by atoms with Crippen molar-refractivity contribution in [3.05, 3.63) is 59.2 Å². The van der Waals surface area contributed by atoms with Crippen molar-refractivity contribution in [2.75, 3.05) is 11.1 Å². The number of hydrogen-bond donors (Lipinski definition) is 2. The lowest BCUT2D eigenvalue weighted by Crippen LogP contribution is -2.32. The van der Waals surface area contributed by atoms with Crippen LogP contribution in [0.15, 0.2) is 42.5 Å². The average Bonchev–Trinajstić information content (AvgIpc) is 2.56. The summed E-state index contributed by atoms with van der Waals surface area (Å²) >= 11 is 0. The Morgan fingerprint density at radius 2 is 1.75 bits per heavy atom. The first-order valence-electron chi connectivity index (χ1n) is 7.85. The van der Waals surface area contributed by atoms with Crippen molar-refractivity contribution in [1.82, 2.24) is 0 Å². The number of nitrogens with two attached hydrogens (primary N) is 1. The van der Waals surface area contributed by atoms with Crippen LogP contribution in [0.3, 0.4) is 0 Å². The van der Waals surface area contributed by atoms with Crippen LogP contribution in [0, 0.1) is 13.8 Å². The molecule has 0 radical (unpaired) electrons. The summed E-state index contributed by atoms with van der Waals surface area (Å²) in [6.07, 6.45) is -0.464. The van der Waals surface area contributed by atoms with Gasteiger partial charge >= 0.3 is 5.97 Å². The molecule has 2 aromatic rings. The summed E-state index contributed by atoms with van der Waals surface area (Å²) < 4.78 is 5.32. The number of amides is 1. The van der Waals surface area contributed by atoms with Crippen molar-refractivity contribution in [1.29, 1.82) is 0 Å². The first-order chi connectivity index (χ1) is 11.4. The van der Waals surface area contributed by atoms with E-state index in [1.807, 2.05) is 32.0 Å². The van der Waals surface area contributed by atoms with Gasteiger partial charge in [-0.15, -0.1) is 0 Å². The standard InChI is InChI=1S/C19H22N2O3/c1-4-17(24-19(23)14-6-8-15(20)9-7-14)18(22)21-16-10-5-12(2)13(3)11-16/h5-11,17H,4,20H2,1-3H3,(H,21,22). The highest BCUT2D eigenvalue weighted by Crippen LogP contribution is 2.16. The van der Waals surface area contributed by atoms with Crippen LogP contribution in [0.5, 0.6) is 0 Å². The van der Waals surface area contributed by atoms with Crippen LogP contribution in [0.2, 0.25) is 0 Å². The molecule has 0 aromatic heterocycles. The third-order valence-electron chi connectivity index (χ3n) is 3.83. The summed E-state index contributed by atoms with van der Waals surface area (Å²) in [5.74, 6) is -0.887. The van der Waals surface area contributed by atoms with Crippen LogP contribution in [-0.2, 0) is 9.53 Å². The molecule has 0 aliphatic rings. The van der Waals surface area contributed by atoms with Gasteiger partial charge in [0.15, 0.2) is 6.10 Å². The molecule has 0 saturated carbocycles. The van der Waals surface area contributed by atoms with E-state index in [0.29, 0.717) is 23.4 Å². The summed E-state index contributed by atoms with van der Waals surface area (Å²) in [4.78, 5) is 24.5. The van der Waals surface area contributed by atoms with Gasteiger partial charge < -0.3 is 15.8 Å². The van der Waals surface area contributed by atoms with E-state index >= 15 is 0 Å². The van der Waals surface area contributed by atoms with E-state index in [1.54, 1.807) is 31.2 Å². The molecule has 0 fully saturated rings. The Bertz CT molecular complexity index is 739. The summed E-state index contributed by atoms with van der Waals surface area (Å²) in [7, 11) is 0. The van der Waals surface area contributed by atoms with Gasteiger partial charge in [-0.2, -0.15) is 0 Å². The molecule has 0 heterocycles. The maximum atomic E-state index is 12.4. The normalized spacial score (nSPS) is 11.6. The highest BCUT2D eigenvalue weighted by Gasteiger charge is 2.22. The minimum atomic E-state index is -0.850. The van der Waals surface area contributed by atoms with Crippen molar-refractivity contribution in [2.24, 2.45) is 0 Å². The van der Waals surface area contributed by atoms with Crippen LogP contribution < -0.4 is 11.1 Å². The lowest BCUT2D eigenvalue weighted by molar-refractivity contribution is -0.124. The van der Waals surface area contributed by atoms with Crippen molar-refractivity contribution >= 4 is 23.3 Å². The minimum absolute atomic E-state index is 0.343. The highest BCUT2D eigenvalue weighted by molar-refractivity contribution is 5.97. The first-order valence-corrected chi connectivity index (χ1v) is 7.85. The summed E-state index contributed by atoms with van der Waals surface area (Å²) in [5, 5.41) is 2.79. The predicted octanol–water partition coefficient (Wildman–Crippen LogP) is 3.46. The van der Waals surface area contributed by atoms with E-state index in [2.05, 4.69) is 5.32 Å². The molecule has 1 amide bonds. The molecule has 2 rings (SSSR count). The largest absolute Gasteiger partial charge is 0.449 e. The van der Waals surface area contributed by atoms with Crippen LogP contribution in [0.4, 0.5) is 11.4 Å². The van der Waals surface area contributed by atoms with E-state index in [4.69, 9.17) is 10.5 Å². The Balaban J connectivity index is 2.04. The Morgan fingerprint density at radius 1 is 1.08 bits per heavy atom. The molecule has 2 aromatic carbocycles. The maximum absolute atomic E-state index is 12.4. The molecule has 1 atom stereocenters. The number of aryl methyl sites for hydroxylation is 2. The van der Waals surface area contributed by atoms with Gasteiger partial charge in [0.25, 0.3) is 5.91 Å². The van der Waals surface area contributed by atoms with Crippen molar-refractivity contribution in [3.63, 3.8) is 0 Å². The highest BCUT2D eigenvalue weighted by atomic mass is 16.5. The van der Waals surface area contributed by atoms with Gasteiger partial charge in [0.1, 0.15) is 0 Å². The Hall–Kier alpha value is -2.82. The van der Waals surface area contributed by atoms with Gasteiger partial charge in [-0.05, 0) is 67.8 Å². The van der Waals surface area contributed by atoms with Crippen molar-refractivity contribution in [3.8, 4) is 0 Å². The lowest BCUT2D eigenvalue weighted by Gasteiger charge is -2.16. The fourth-order valence-electron chi connectivity index (χ4n) is 2.18. The van der Waals surface area contributed by atoms with E-state index in [0.717, 1.165) is 11.1 Å². The topological polar surface area (TPSA) is 81.4 Å². The number of anilines is 2. The molecule has 126 valence electrons. The quantitative estimate of drug-likeness (QED) is 0.651. The third-order valence-corrected chi connectivity index (χ3v) is 3.83. The Kier molecular flexibility index (Phi) is 5.58. The van der Waals surface area contributed by atoms with Gasteiger partial charge in [-0.1, -0.05) is 13.0 Å². The van der Waals surface area contributed by atoms with E-state index < -0.39 is 12.1 Å². The zero-order valence-electron chi connectivity index (χ0n) is 14.1. The molecule has 0 spiro atoms. The molecular formula is C19H22N2O3. The number of ether oxygens (including phenoxy) is 1. The molecule has 24 heavy (non-hydrogen) atoms. The molecule has 0 aliphatic carbocycles. The second kappa shape index (κ2) is 7.64. The van der Waals surface area contributed by atoms with Crippen LogP contribution >= 0.6 is 0 Å².